The molecule has 0 bridgehead atoms. The number of nitrogens with zero attached hydrogens (tertiary/aromatic N) is 1. The van der Waals surface area contributed by atoms with Gasteiger partial charge in [0.1, 0.15) is 0 Å². The van der Waals surface area contributed by atoms with E-state index in [2.05, 4.69) is 43.3 Å². The molecule has 0 aliphatic rings. The van der Waals surface area contributed by atoms with E-state index in [0.29, 0.717) is 13.0 Å². The van der Waals surface area contributed by atoms with Gasteiger partial charge in [-0.2, -0.15) is 0 Å². The van der Waals surface area contributed by atoms with Crippen molar-refractivity contribution in [1.29, 1.82) is 0 Å². The molecular formula is C14H25N3OS. The highest BCUT2D eigenvalue weighted by Gasteiger charge is 2.17. The number of rotatable bonds is 7. The number of carbonyl (C=O) groups excluding carboxylic acids is 1. The van der Waals surface area contributed by atoms with E-state index in [4.69, 9.17) is 0 Å². The van der Waals surface area contributed by atoms with Gasteiger partial charge >= 0.3 is 0 Å². The molecule has 1 amide bonds. The van der Waals surface area contributed by atoms with Crippen molar-refractivity contribution in [3.05, 3.63) is 16.1 Å². The third kappa shape index (κ3) is 6.16. The molecule has 0 fully saturated rings. The molecule has 0 aliphatic heterocycles. The predicted octanol–water partition coefficient (Wildman–Crippen LogP) is 2.45. The molecule has 1 heterocycles. The second-order valence-corrected chi connectivity index (χ2v) is 6.77. The first-order valence-electron chi connectivity index (χ1n) is 6.86. The van der Waals surface area contributed by atoms with Crippen LogP contribution < -0.4 is 10.6 Å². The van der Waals surface area contributed by atoms with Crippen LogP contribution in [0, 0.1) is 0 Å². The summed E-state index contributed by atoms with van der Waals surface area (Å²) in [5.74, 6) is 0.119. The summed E-state index contributed by atoms with van der Waals surface area (Å²) >= 11 is 1.74. The lowest BCUT2D eigenvalue weighted by molar-refractivity contribution is -0.120. The van der Waals surface area contributed by atoms with E-state index in [1.165, 1.54) is 4.88 Å². The summed E-state index contributed by atoms with van der Waals surface area (Å²) in [6.07, 6.45) is 3.44. The summed E-state index contributed by atoms with van der Waals surface area (Å²) in [6.45, 7) is 10.8. The first kappa shape index (κ1) is 16.1. The Morgan fingerprint density at radius 1 is 1.37 bits per heavy atom. The van der Waals surface area contributed by atoms with Gasteiger partial charge in [-0.25, -0.2) is 4.98 Å². The zero-order chi connectivity index (χ0) is 14.3. The standard InChI is InChI=1S/C14H25N3OS/c1-5-7-16-12(18)6-8-15-9-11-10-17-13(19-11)14(2,3)4/h10,15H,5-9H2,1-4H3,(H,16,18). The van der Waals surface area contributed by atoms with Gasteiger partial charge in [0.2, 0.25) is 5.91 Å². The van der Waals surface area contributed by atoms with Gasteiger partial charge in [-0.15, -0.1) is 11.3 Å². The Labute approximate surface area is 120 Å². The van der Waals surface area contributed by atoms with Crippen LogP contribution in [0.4, 0.5) is 0 Å². The molecule has 0 unspecified atom stereocenters. The summed E-state index contributed by atoms with van der Waals surface area (Å²) < 4.78 is 0. The maximum Gasteiger partial charge on any atom is 0.221 e. The van der Waals surface area contributed by atoms with E-state index >= 15 is 0 Å². The summed E-state index contributed by atoms with van der Waals surface area (Å²) in [7, 11) is 0. The number of hydrogen-bond donors (Lipinski definition) is 2. The Hall–Kier alpha value is -0.940. The number of carbonyl (C=O) groups is 1. The van der Waals surface area contributed by atoms with Crippen LogP contribution in [-0.2, 0) is 16.8 Å². The van der Waals surface area contributed by atoms with Crippen LogP contribution in [-0.4, -0.2) is 24.0 Å². The van der Waals surface area contributed by atoms with E-state index in [1.807, 2.05) is 6.20 Å². The zero-order valence-corrected chi connectivity index (χ0v) is 13.2. The predicted molar refractivity (Wildman–Crippen MR) is 80.4 cm³/mol. The molecule has 0 saturated carbocycles. The van der Waals surface area contributed by atoms with Gasteiger partial charge in [-0.05, 0) is 6.42 Å². The molecule has 108 valence electrons. The van der Waals surface area contributed by atoms with Crippen LogP contribution in [0.3, 0.4) is 0 Å². The van der Waals surface area contributed by atoms with Crippen LogP contribution in [0.2, 0.25) is 0 Å². The largest absolute Gasteiger partial charge is 0.356 e. The zero-order valence-electron chi connectivity index (χ0n) is 12.4. The summed E-state index contributed by atoms with van der Waals surface area (Å²) in [5, 5.41) is 7.31. The Balaban J connectivity index is 2.23. The van der Waals surface area contributed by atoms with Crippen LogP contribution in [0.15, 0.2) is 6.20 Å². The monoisotopic (exact) mass is 283 g/mol. The van der Waals surface area contributed by atoms with E-state index < -0.39 is 0 Å². The molecule has 0 aromatic carbocycles. The van der Waals surface area contributed by atoms with Crippen LogP contribution in [0.25, 0.3) is 0 Å². The first-order valence-corrected chi connectivity index (χ1v) is 7.67. The topological polar surface area (TPSA) is 54.0 Å². The molecule has 5 heteroatoms. The van der Waals surface area contributed by atoms with Crippen molar-refractivity contribution in [2.75, 3.05) is 13.1 Å². The summed E-state index contributed by atoms with van der Waals surface area (Å²) in [6, 6.07) is 0. The summed E-state index contributed by atoms with van der Waals surface area (Å²) in [4.78, 5) is 17.1. The molecular weight excluding hydrogens is 258 g/mol. The normalized spacial score (nSPS) is 11.6. The van der Waals surface area contributed by atoms with Gasteiger partial charge in [0.25, 0.3) is 0 Å². The Kier molecular flexibility index (Phi) is 6.45. The highest BCUT2D eigenvalue weighted by molar-refractivity contribution is 7.11. The van der Waals surface area contributed by atoms with Gasteiger partial charge in [0.05, 0.1) is 5.01 Å². The van der Waals surface area contributed by atoms with Crippen molar-refractivity contribution in [3.63, 3.8) is 0 Å². The van der Waals surface area contributed by atoms with E-state index in [0.717, 1.165) is 24.5 Å². The maximum atomic E-state index is 11.4. The minimum Gasteiger partial charge on any atom is -0.356 e. The van der Waals surface area contributed by atoms with Gasteiger partial charge in [0, 0.05) is 42.5 Å². The SMILES string of the molecule is CCCNC(=O)CCNCc1cnc(C(C)(C)C)s1. The first-order chi connectivity index (χ1) is 8.93. The summed E-state index contributed by atoms with van der Waals surface area (Å²) in [5.41, 5.74) is 0.114. The number of thiazole rings is 1. The van der Waals surface area contributed by atoms with Crippen molar-refractivity contribution in [1.82, 2.24) is 15.6 Å². The second kappa shape index (κ2) is 7.60. The van der Waals surface area contributed by atoms with Gasteiger partial charge in [-0.1, -0.05) is 27.7 Å². The van der Waals surface area contributed by atoms with E-state index in [1.54, 1.807) is 11.3 Å². The lowest BCUT2D eigenvalue weighted by Gasteiger charge is -2.13. The Bertz CT molecular complexity index is 396. The highest BCUT2D eigenvalue weighted by atomic mass is 32.1. The maximum absolute atomic E-state index is 11.4. The molecule has 0 atom stereocenters. The molecule has 2 N–H and O–H groups in total. The number of hydrogen-bond acceptors (Lipinski definition) is 4. The molecule has 0 spiro atoms. The van der Waals surface area contributed by atoms with Crippen molar-refractivity contribution < 1.29 is 4.79 Å². The molecule has 1 aromatic rings. The van der Waals surface area contributed by atoms with Crippen molar-refractivity contribution in [3.8, 4) is 0 Å². The molecule has 1 aromatic heterocycles. The molecule has 0 aliphatic carbocycles. The van der Waals surface area contributed by atoms with Gasteiger partial charge in [0.15, 0.2) is 0 Å². The molecule has 4 nitrogen and oxygen atoms in total. The third-order valence-electron chi connectivity index (χ3n) is 2.60. The van der Waals surface area contributed by atoms with Crippen molar-refractivity contribution in [2.45, 2.75) is 52.5 Å². The molecule has 19 heavy (non-hydrogen) atoms. The fourth-order valence-electron chi connectivity index (χ4n) is 1.50. The highest BCUT2D eigenvalue weighted by Crippen LogP contribution is 2.26. The second-order valence-electron chi connectivity index (χ2n) is 5.66. The van der Waals surface area contributed by atoms with Crippen LogP contribution in [0.1, 0.15) is 50.4 Å². The van der Waals surface area contributed by atoms with Crippen LogP contribution >= 0.6 is 11.3 Å². The number of aromatic nitrogens is 1. The molecule has 0 radical (unpaired) electrons. The minimum atomic E-state index is 0.114. The number of amides is 1. The smallest absolute Gasteiger partial charge is 0.221 e. The average Bonchev–Trinajstić information content (AvgIpc) is 2.80. The van der Waals surface area contributed by atoms with E-state index in [-0.39, 0.29) is 11.3 Å². The number of nitrogens with one attached hydrogen (secondary N) is 2. The van der Waals surface area contributed by atoms with Crippen LogP contribution in [0.5, 0.6) is 0 Å². The molecule has 0 saturated heterocycles. The Morgan fingerprint density at radius 3 is 2.68 bits per heavy atom. The lowest BCUT2D eigenvalue weighted by atomic mass is 9.98. The third-order valence-corrected chi connectivity index (χ3v) is 4.02. The van der Waals surface area contributed by atoms with Crippen molar-refractivity contribution >= 4 is 17.2 Å². The minimum absolute atomic E-state index is 0.114. The van der Waals surface area contributed by atoms with Crippen molar-refractivity contribution in [2.24, 2.45) is 0 Å². The fraction of sp³-hybridized carbons (Fsp3) is 0.714. The van der Waals surface area contributed by atoms with Gasteiger partial charge in [-0.3, -0.25) is 4.79 Å². The lowest BCUT2D eigenvalue weighted by Crippen LogP contribution is -2.27. The quantitative estimate of drug-likeness (QED) is 0.756. The molecule has 1 rings (SSSR count). The average molecular weight is 283 g/mol. The van der Waals surface area contributed by atoms with E-state index in [9.17, 15) is 4.79 Å². The fourth-order valence-corrected chi connectivity index (χ4v) is 2.44. The Morgan fingerprint density at radius 2 is 2.11 bits per heavy atom. The van der Waals surface area contributed by atoms with Gasteiger partial charge < -0.3 is 10.6 Å².